The van der Waals surface area contributed by atoms with Crippen molar-refractivity contribution < 1.29 is 0 Å². The molecule has 2 nitrogen and oxygen atoms in total. The van der Waals surface area contributed by atoms with Gasteiger partial charge in [-0.3, -0.25) is 4.98 Å². The highest BCUT2D eigenvalue weighted by Crippen LogP contribution is 2.40. The highest BCUT2D eigenvalue weighted by molar-refractivity contribution is 5.43. The van der Waals surface area contributed by atoms with Crippen LogP contribution in [-0.2, 0) is 0 Å². The summed E-state index contributed by atoms with van der Waals surface area (Å²) < 4.78 is 0. The van der Waals surface area contributed by atoms with Crippen molar-refractivity contribution in [3.8, 4) is 0 Å². The van der Waals surface area contributed by atoms with Crippen LogP contribution in [0.15, 0.2) is 24.5 Å². The third-order valence-corrected chi connectivity index (χ3v) is 2.74. The van der Waals surface area contributed by atoms with Gasteiger partial charge < -0.3 is 5.32 Å². The van der Waals surface area contributed by atoms with E-state index in [4.69, 9.17) is 0 Å². The lowest BCUT2D eigenvalue weighted by Crippen LogP contribution is -2.33. The van der Waals surface area contributed by atoms with Gasteiger partial charge in [0.25, 0.3) is 0 Å². The molecule has 0 amide bonds. The first-order valence-corrected chi connectivity index (χ1v) is 4.87. The standard InChI is InChI=1S/C11H16N2/c1-11(2,9-3-4-9)13-10-5-7-12-8-6-10/h5-9H,3-4H2,1-2H3,(H,12,13). The first kappa shape index (κ1) is 8.54. The third-order valence-electron chi connectivity index (χ3n) is 2.74. The minimum Gasteiger partial charge on any atom is -0.380 e. The molecule has 0 aromatic carbocycles. The lowest BCUT2D eigenvalue weighted by Gasteiger charge is -2.27. The van der Waals surface area contributed by atoms with E-state index in [0.29, 0.717) is 0 Å². The molecule has 0 bridgehead atoms. The summed E-state index contributed by atoms with van der Waals surface area (Å²) in [6.45, 7) is 4.54. The molecule has 1 aromatic heterocycles. The van der Waals surface area contributed by atoms with Gasteiger partial charge in [0.15, 0.2) is 0 Å². The van der Waals surface area contributed by atoms with Crippen LogP contribution >= 0.6 is 0 Å². The predicted octanol–water partition coefficient (Wildman–Crippen LogP) is 2.68. The zero-order valence-corrected chi connectivity index (χ0v) is 8.25. The van der Waals surface area contributed by atoms with E-state index in [2.05, 4.69) is 24.1 Å². The van der Waals surface area contributed by atoms with Crippen LogP contribution in [0.1, 0.15) is 26.7 Å². The number of nitrogens with one attached hydrogen (secondary N) is 1. The molecule has 70 valence electrons. The second-order valence-corrected chi connectivity index (χ2v) is 4.36. The molecule has 0 aliphatic heterocycles. The van der Waals surface area contributed by atoms with E-state index in [0.717, 1.165) is 5.92 Å². The van der Waals surface area contributed by atoms with Crippen molar-refractivity contribution in [1.82, 2.24) is 4.98 Å². The monoisotopic (exact) mass is 176 g/mol. The smallest absolute Gasteiger partial charge is 0.0375 e. The maximum atomic E-state index is 4.00. The van der Waals surface area contributed by atoms with Crippen molar-refractivity contribution >= 4 is 5.69 Å². The van der Waals surface area contributed by atoms with Crippen LogP contribution in [0.2, 0.25) is 0 Å². The number of rotatable bonds is 3. The number of nitrogens with zero attached hydrogens (tertiary/aromatic N) is 1. The Labute approximate surface area is 79.4 Å². The maximum Gasteiger partial charge on any atom is 0.0375 e. The van der Waals surface area contributed by atoms with Crippen LogP contribution in [0.5, 0.6) is 0 Å². The number of anilines is 1. The van der Waals surface area contributed by atoms with Gasteiger partial charge >= 0.3 is 0 Å². The summed E-state index contributed by atoms with van der Waals surface area (Å²) >= 11 is 0. The SMILES string of the molecule is CC(C)(Nc1ccncc1)C1CC1. The van der Waals surface area contributed by atoms with Gasteiger partial charge in [0.2, 0.25) is 0 Å². The molecule has 1 aliphatic carbocycles. The van der Waals surface area contributed by atoms with E-state index in [9.17, 15) is 0 Å². The topological polar surface area (TPSA) is 24.9 Å². The Morgan fingerprint density at radius 1 is 1.31 bits per heavy atom. The summed E-state index contributed by atoms with van der Waals surface area (Å²) in [5.74, 6) is 0.848. The Hall–Kier alpha value is -1.05. The molecule has 0 atom stereocenters. The van der Waals surface area contributed by atoms with E-state index < -0.39 is 0 Å². The molecule has 1 saturated carbocycles. The number of pyridine rings is 1. The fraction of sp³-hybridized carbons (Fsp3) is 0.545. The van der Waals surface area contributed by atoms with Crippen molar-refractivity contribution in [2.24, 2.45) is 5.92 Å². The Bertz CT molecular complexity index is 275. The molecule has 0 saturated heterocycles. The van der Waals surface area contributed by atoms with E-state index in [1.54, 1.807) is 0 Å². The molecule has 13 heavy (non-hydrogen) atoms. The molecule has 0 unspecified atom stereocenters. The average Bonchev–Trinajstić information content (AvgIpc) is 2.87. The first-order valence-electron chi connectivity index (χ1n) is 4.87. The normalized spacial score (nSPS) is 17.1. The quantitative estimate of drug-likeness (QED) is 0.766. The third kappa shape index (κ3) is 2.00. The molecule has 1 fully saturated rings. The number of hydrogen-bond acceptors (Lipinski definition) is 2. The van der Waals surface area contributed by atoms with Gasteiger partial charge in [0.1, 0.15) is 0 Å². The average molecular weight is 176 g/mol. The maximum absolute atomic E-state index is 4.00. The lowest BCUT2D eigenvalue weighted by molar-refractivity contribution is 0.494. The summed E-state index contributed by atoms with van der Waals surface area (Å²) in [5.41, 5.74) is 1.41. The van der Waals surface area contributed by atoms with Crippen LogP contribution in [0.3, 0.4) is 0 Å². The largest absolute Gasteiger partial charge is 0.380 e. The van der Waals surface area contributed by atoms with Gasteiger partial charge in [-0.25, -0.2) is 0 Å². The van der Waals surface area contributed by atoms with Crippen LogP contribution in [0.25, 0.3) is 0 Å². The van der Waals surface area contributed by atoms with Gasteiger partial charge in [0.05, 0.1) is 0 Å². The van der Waals surface area contributed by atoms with Crippen molar-refractivity contribution in [2.45, 2.75) is 32.2 Å². The molecule has 1 aromatic rings. The fourth-order valence-corrected chi connectivity index (χ4v) is 1.71. The second kappa shape index (κ2) is 3.02. The van der Waals surface area contributed by atoms with Crippen molar-refractivity contribution in [2.75, 3.05) is 5.32 Å². The first-order chi connectivity index (χ1) is 6.18. The zero-order chi connectivity index (χ0) is 9.31. The predicted molar refractivity (Wildman–Crippen MR) is 54.7 cm³/mol. The summed E-state index contributed by atoms with van der Waals surface area (Å²) in [5, 5.41) is 3.54. The summed E-state index contributed by atoms with van der Waals surface area (Å²) in [6.07, 6.45) is 6.38. The number of hydrogen-bond donors (Lipinski definition) is 1. The molecule has 1 aliphatic rings. The van der Waals surface area contributed by atoms with E-state index in [1.807, 2.05) is 24.5 Å². The molecule has 2 rings (SSSR count). The van der Waals surface area contributed by atoms with Crippen molar-refractivity contribution in [1.29, 1.82) is 0 Å². The van der Waals surface area contributed by atoms with Crippen molar-refractivity contribution in [3.63, 3.8) is 0 Å². The molecular weight excluding hydrogens is 160 g/mol. The Morgan fingerprint density at radius 3 is 2.46 bits per heavy atom. The van der Waals surface area contributed by atoms with Gasteiger partial charge in [-0.05, 0) is 44.7 Å². The van der Waals surface area contributed by atoms with Crippen LogP contribution in [0, 0.1) is 5.92 Å². The van der Waals surface area contributed by atoms with Gasteiger partial charge in [-0.2, -0.15) is 0 Å². The molecule has 0 radical (unpaired) electrons. The minimum absolute atomic E-state index is 0.237. The summed E-state index contributed by atoms with van der Waals surface area (Å²) in [6, 6.07) is 4.04. The van der Waals surface area contributed by atoms with Crippen LogP contribution in [0.4, 0.5) is 5.69 Å². The highest BCUT2D eigenvalue weighted by atomic mass is 15.0. The zero-order valence-electron chi connectivity index (χ0n) is 8.25. The molecule has 0 spiro atoms. The van der Waals surface area contributed by atoms with Gasteiger partial charge in [0, 0.05) is 23.6 Å². The molecule has 2 heteroatoms. The van der Waals surface area contributed by atoms with Crippen LogP contribution in [-0.4, -0.2) is 10.5 Å². The Morgan fingerprint density at radius 2 is 1.92 bits per heavy atom. The van der Waals surface area contributed by atoms with Crippen LogP contribution < -0.4 is 5.32 Å². The molecular formula is C11H16N2. The fourth-order valence-electron chi connectivity index (χ4n) is 1.71. The lowest BCUT2D eigenvalue weighted by atomic mass is 9.98. The summed E-state index contributed by atoms with van der Waals surface area (Å²) in [7, 11) is 0. The van der Waals surface area contributed by atoms with Gasteiger partial charge in [-0.15, -0.1) is 0 Å². The Balaban J connectivity index is 2.04. The molecule has 1 heterocycles. The minimum atomic E-state index is 0.237. The van der Waals surface area contributed by atoms with E-state index in [-0.39, 0.29) is 5.54 Å². The van der Waals surface area contributed by atoms with E-state index in [1.165, 1.54) is 18.5 Å². The second-order valence-electron chi connectivity index (χ2n) is 4.36. The van der Waals surface area contributed by atoms with Crippen molar-refractivity contribution in [3.05, 3.63) is 24.5 Å². The van der Waals surface area contributed by atoms with E-state index >= 15 is 0 Å². The summed E-state index contributed by atoms with van der Waals surface area (Å²) in [4.78, 5) is 4.00. The highest BCUT2D eigenvalue weighted by Gasteiger charge is 2.37. The molecule has 1 N–H and O–H groups in total. The number of aromatic nitrogens is 1. The Kier molecular flexibility index (Phi) is 1.98. The van der Waals surface area contributed by atoms with Gasteiger partial charge in [-0.1, -0.05) is 0 Å².